The lowest BCUT2D eigenvalue weighted by Gasteiger charge is -2.27. The number of ether oxygens (including phenoxy) is 1. The van der Waals surface area contributed by atoms with Gasteiger partial charge in [0.15, 0.2) is 0 Å². The summed E-state index contributed by atoms with van der Waals surface area (Å²) in [5.41, 5.74) is 2.33. The fourth-order valence-electron chi connectivity index (χ4n) is 5.70. The van der Waals surface area contributed by atoms with Crippen LogP contribution in [-0.4, -0.2) is 46.1 Å². The Morgan fingerprint density at radius 1 is 0.976 bits per heavy atom. The Labute approximate surface area is 242 Å². The number of hydrogen-bond donors (Lipinski definition) is 0. The molecule has 0 spiro atoms. The van der Waals surface area contributed by atoms with Gasteiger partial charge in [-0.25, -0.2) is 4.98 Å². The largest absolute Gasteiger partial charge is 0.492 e. The van der Waals surface area contributed by atoms with E-state index < -0.39 is 5.41 Å². The molecule has 3 aromatic heterocycles. The Bertz CT molecular complexity index is 1910. The highest BCUT2D eigenvalue weighted by Gasteiger charge is 2.45. The molecule has 2 amide bonds. The predicted octanol–water partition coefficient (Wildman–Crippen LogP) is 4.74. The van der Waals surface area contributed by atoms with Crippen molar-refractivity contribution in [3.05, 3.63) is 82.7 Å². The number of anilines is 2. The van der Waals surface area contributed by atoms with E-state index in [1.807, 2.05) is 50.2 Å². The van der Waals surface area contributed by atoms with Gasteiger partial charge in [0, 0.05) is 25.9 Å². The molecular weight excluding hydrogens is 534 g/mol. The Morgan fingerprint density at radius 3 is 2.55 bits per heavy atom. The van der Waals surface area contributed by atoms with Crippen LogP contribution in [0.25, 0.3) is 22.0 Å². The van der Waals surface area contributed by atoms with Gasteiger partial charge in [0.25, 0.3) is 5.56 Å². The summed E-state index contributed by atoms with van der Waals surface area (Å²) >= 11 is 0. The maximum atomic E-state index is 13.2. The Kier molecular flexibility index (Phi) is 6.64. The lowest BCUT2D eigenvalue weighted by molar-refractivity contribution is -0.137. The van der Waals surface area contributed by atoms with Crippen LogP contribution < -0.4 is 20.1 Å². The Hall–Kier alpha value is -4.86. The third-order valence-electron chi connectivity index (χ3n) is 7.94. The molecule has 0 atom stereocenters. The molecule has 10 nitrogen and oxygen atoms in total. The summed E-state index contributed by atoms with van der Waals surface area (Å²) in [4.78, 5) is 47.5. The number of aromatic nitrogens is 3. The van der Waals surface area contributed by atoms with E-state index in [4.69, 9.17) is 14.1 Å². The van der Waals surface area contributed by atoms with Crippen LogP contribution in [0.2, 0.25) is 0 Å². The van der Waals surface area contributed by atoms with Gasteiger partial charge in [0.05, 0.1) is 40.9 Å². The van der Waals surface area contributed by atoms with Crippen molar-refractivity contribution in [3.63, 3.8) is 0 Å². The standard InChI is InChI=1S/C32H33N5O5/c1-6-36-25-12-11-21(18-26(25)34(5)30(39)32(3,4)31(36)40)41-16-15-37-24-10-8-7-9-23(24)33-28(37)19-35-14-13-27-22(29(35)38)17-20(2)42-27/h7-14,17-18H,6,15-16,19H2,1-5H3. The number of aryl methyl sites for hydroxylation is 1. The molecule has 2 aromatic carbocycles. The lowest BCUT2D eigenvalue weighted by atomic mass is 9.90. The topological polar surface area (TPSA) is 103 Å². The Morgan fingerprint density at radius 2 is 1.76 bits per heavy atom. The summed E-state index contributed by atoms with van der Waals surface area (Å²) in [5.74, 6) is 1.51. The van der Waals surface area contributed by atoms with Gasteiger partial charge in [-0.15, -0.1) is 0 Å². The van der Waals surface area contributed by atoms with Crippen LogP contribution >= 0.6 is 0 Å². The first-order valence-corrected chi connectivity index (χ1v) is 14.0. The van der Waals surface area contributed by atoms with Gasteiger partial charge in [-0.2, -0.15) is 0 Å². The molecule has 4 heterocycles. The van der Waals surface area contributed by atoms with Crippen molar-refractivity contribution in [2.24, 2.45) is 5.41 Å². The molecule has 0 saturated carbocycles. The number of benzene rings is 2. The number of hydrogen-bond acceptors (Lipinski definition) is 6. The van der Waals surface area contributed by atoms with Crippen LogP contribution in [0, 0.1) is 12.3 Å². The first-order valence-electron chi connectivity index (χ1n) is 14.0. The SMILES string of the molecule is CCN1C(=O)C(C)(C)C(=O)N(C)c2cc(OCCn3c(Cn4ccc5oc(C)cc5c4=O)nc4ccccc43)ccc21. The number of furan rings is 1. The average Bonchev–Trinajstić information content (AvgIpc) is 3.52. The fourth-order valence-corrected chi connectivity index (χ4v) is 5.70. The number of para-hydroxylation sites is 2. The minimum atomic E-state index is -1.17. The quantitative estimate of drug-likeness (QED) is 0.264. The third-order valence-corrected chi connectivity index (χ3v) is 7.94. The smallest absolute Gasteiger partial charge is 0.262 e. The van der Waals surface area contributed by atoms with Gasteiger partial charge in [0.2, 0.25) is 11.8 Å². The van der Waals surface area contributed by atoms with Crippen molar-refractivity contribution in [2.45, 2.75) is 40.8 Å². The Balaban J connectivity index is 1.27. The molecule has 0 unspecified atom stereocenters. The zero-order valence-electron chi connectivity index (χ0n) is 24.4. The number of imidazole rings is 1. The van der Waals surface area contributed by atoms with Crippen molar-refractivity contribution >= 4 is 45.2 Å². The van der Waals surface area contributed by atoms with Gasteiger partial charge in [-0.05, 0) is 64.1 Å². The van der Waals surface area contributed by atoms with E-state index in [1.165, 1.54) is 4.90 Å². The van der Waals surface area contributed by atoms with Gasteiger partial charge >= 0.3 is 0 Å². The van der Waals surface area contributed by atoms with Gasteiger partial charge in [-0.1, -0.05) is 12.1 Å². The second kappa shape index (κ2) is 10.2. The van der Waals surface area contributed by atoms with Crippen LogP contribution in [0.3, 0.4) is 0 Å². The minimum Gasteiger partial charge on any atom is -0.492 e. The molecule has 10 heteroatoms. The molecule has 0 N–H and O–H groups in total. The molecule has 0 bridgehead atoms. The second-order valence-electron chi connectivity index (χ2n) is 11.1. The fraction of sp³-hybridized carbons (Fsp3) is 0.312. The summed E-state index contributed by atoms with van der Waals surface area (Å²) in [6.45, 7) is 8.58. The third kappa shape index (κ3) is 4.43. The van der Waals surface area contributed by atoms with Crippen LogP contribution in [-0.2, 0) is 22.7 Å². The number of pyridine rings is 1. The number of carbonyl (C=O) groups excluding carboxylic acids is 2. The first kappa shape index (κ1) is 27.3. The molecule has 42 heavy (non-hydrogen) atoms. The van der Waals surface area contributed by atoms with Crippen LogP contribution in [0.4, 0.5) is 11.4 Å². The predicted molar refractivity (Wildman–Crippen MR) is 161 cm³/mol. The highest BCUT2D eigenvalue weighted by Crippen LogP contribution is 2.40. The normalized spacial score (nSPS) is 15.0. The number of carbonyl (C=O) groups is 2. The van der Waals surface area contributed by atoms with E-state index in [-0.39, 0.29) is 23.9 Å². The monoisotopic (exact) mass is 567 g/mol. The summed E-state index contributed by atoms with van der Waals surface area (Å²) in [6.07, 6.45) is 1.73. The number of fused-ring (bicyclic) bond motifs is 3. The van der Waals surface area contributed by atoms with E-state index in [9.17, 15) is 14.4 Å². The molecule has 6 rings (SSSR count). The molecule has 216 valence electrons. The van der Waals surface area contributed by atoms with Crippen molar-refractivity contribution in [1.82, 2.24) is 14.1 Å². The summed E-state index contributed by atoms with van der Waals surface area (Å²) < 4.78 is 15.5. The van der Waals surface area contributed by atoms with Gasteiger partial charge in [-0.3, -0.25) is 14.4 Å². The van der Waals surface area contributed by atoms with Crippen molar-refractivity contribution < 1.29 is 18.7 Å². The van der Waals surface area contributed by atoms with Gasteiger partial charge in [0.1, 0.15) is 34.9 Å². The van der Waals surface area contributed by atoms with E-state index >= 15 is 0 Å². The number of rotatable bonds is 7. The van der Waals surface area contributed by atoms with E-state index in [2.05, 4.69) is 4.57 Å². The molecule has 0 fully saturated rings. The maximum Gasteiger partial charge on any atom is 0.262 e. The van der Waals surface area contributed by atoms with E-state index in [0.717, 1.165) is 16.9 Å². The highest BCUT2D eigenvalue weighted by atomic mass is 16.5. The molecule has 0 aliphatic carbocycles. The van der Waals surface area contributed by atoms with Crippen molar-refractivity contribution in [3.8, 4) is 5.75 Å². The maximum absolute atomic E-state index is 13.2. The highest BCUT2D eigenvalue weighted by molar-refractivity contribution is 6.20. The number of amides is 2. The van der Waals surface area contributed by atoms with Gasteiger partial charge < -0.3 is 28.1 Å². The second-order valence-corrected chi connectivity index (χ2v) is 11.1. The summed E-state index contributed by atoms with van der Waals surface area (Å²) in [6, 6.07) is 16.8. The molecular formula is C32H33N5O5. The van der Waals surface area contributed by atoms with E-state index in [0.29, 0.717) is 53.6 Å². The molecule has 1 aliphatic heterocycles. The zero-order chi connectivity index (χ0) is 29.8. The summed E-state index contributed by atoms with van der Waals surface area (Å²) in [5, 5.41) is 0.541. The molecule has 1 aliphatic rings. The number of nitrogens with zero attached hydrogens (tertiary/aromatic N) is 5. The lowest BCUT2D eigenvalue weighted by Crippen LogP contribution is -2.47. The molecule has 0 saturated heterocycles. The molecule has 5 aromatic rings. The van der Waals surface area contributed by atoms with E-state index in [1.54, 1.807) is 54.8 Å². The van der Waals surface area contributed by atoms with Crippen LogP contribution in [0.15, 0.2) is 70.0 Å². The van der Waals surface area contributed by atoms with Crippen LogP contribution in [0.1, 0.15) is 32.4 Å². The molecule has 0 radical (unpaired) electrons. The first-order chi connectivity index (χ1) is 20.1. The van der Waals surface area contributed by atoms with Crippen molar-refractivity contribution in [2.75, 3.05) is 30.0 Å². The minimum absolute atomic E-state index is 0.134. The average molecular weight is 568 g/mol. The summed E-state index contributed by atoms with van der Waals surface area (Å²) in [7, 11) is 1.69. The van der Waals surface area contributed by atoms with Crippen molar-refractivity contribution in [1.29, 1.82) is 0 Å². The van der Waals surface area contributed by atoms with Crippen LogP contribution in [0.5, 0.6) is 5.75 Å². The zero-order valence-corrected chi connectivity index (χ0v) is 24.4.